The Hall–Kier alpha value is -2.80. The fraction of sp³-hybridized carbons (Fsp3) is 0.200. The standard InChI is InChI=1S/C23H21N.C2H6.H2/c1-2-19(17-11-5-3-6-12-17)22-20-15-9-10-16-21(20)24-23(22)18-13-7-4-8-14-18;1-2;/h3-16,19,24H,2H2,1H3;1-2H3;1H. The fourth-order valence-electron chi connectivity index (χ4n) is 3.65. The molecule has 0 aliphatic rings. The van der Waals surface area contributed by atoms with Gasteiger partial charge in [-0.1, -0.05) is 99.6 Å². The molecule has 0 radical (unpaired) electrons. The Morgan fingerprint density at radius 3 is 2.00 bits per heavy atom. The minimum Gasteiger partial charge on any atom is -0.354 e. The normalized spacial score (nSPS) is 11.7. The molecule has 0 fully saturated rings. The number of hydrogen-bond acceptors (Lipinski definition) is 0. The lowest BCUT2D eigenvalue weighted by atomic mass is 9.86. The molecule has 4 aromatic rings. The lowest BCUT2D eigenvalue weighted by Crippen LogP contribution is -2.01. The molecule has 0 amide bonds. The number of H-pyrrole nitrogens is 1. The maximum absolute atomic E-state index is 3.67. The van der Waals surface area contributed by atoms with Crippen molar-refractivity contribution >= 4 is 10.9 Å². The minimum atomic E-state index is 0. The highest BCUT2D eigenvalue weighted by Crippen LogP contribution is 2.40. The average Bonchev–Trinajstić information content (AvgIpc) is 3.11. The van der Waals surface area contributed by atoms with E-state index in [1.165, 1.54) is 33.3 Å². The fourth-order valence-corrected chi connectivity index (χ4v) is 3.65. The van der Waals surface area contributed by atoms with E-state index in [9.17, 15) is 0 Å². The zero-order valence-corrected chi connectivity index (χ0v) is 15.9. The lowest BCUT2D eigenvalue weighted by molar-refractivity contribution is 0.785. The highest BCUT2D eigenvalue weighted by Gasteiger charge is 2.21. The first kappa shape index (κ1) is 18.0. The van der Waals surface area contributed by atoms with Crippen LogP contribution in [0, 0.1) is 0 Å². The summed E-state index contributed by atoms with van der Waals surface area (Å²) in [5, 5.41) is 1.33. The van der Waals surface area contributed by atoms with Gasteiger partial charge in [0.1, 0.15) is 0 Å². The van der Waals surface area contributed by atoms with Crippen molar-refractivity contribution in [1.82, 2.24) is 4.98 Å². The highest BCUT2D eigenvalue weighted by molar-refractivity contribution is 5.91. The number of rotatable bonds is 4. The zero-order valence-electron chi connectivity index (χ0n) is 15.9. The lowest BCUT2D eigenvalue weighted by Gasteiger charge is -2.17. The highest BCUT2D eigenvalue weighted by atomic mass is 14.7. The summed E-state index contributed by atoms with van der Waals surface area (Å²) >= 11 is 0. The second kappa shape index (κ2) is 8.53. The van der Waals surface area contributed by atoms with Crippen LogP contribution in [0.15, 0.2) is 84.9 Å². The van der Waals surface area contributed by atoms with Gasteiger partial charge in [-0.25, -0.2) is 0 Å². The van der Waals surface area contributed by atoms with Crippen LogP contribution < -0.4 is 0 Å². The maximum Gasteiger partial charge on any atom is 0.0503 e. The third-order valence-electron chi connectivity index (χ3n) is 4.77. The molecule has 26 heavy (non-hydrogen) atoms. The predicted molar refractivity (Wildman–Crippen MR) is 116 cm³/mol. The van der Waals surface area contributed by atoms with Crippen molar-refractivity contribution in [2.24, 2.45) is 0 Å². The Labute approximate surface area is 158 Å². The van der Waals surface area contributed by atoms with Gasteiger partial charge in [-0.05, 0) is 29.2 Å². The monoisotopic (exact) mass is 343 g/mol. The summed E-state index contributed by atoms with van der Waals surface area (Å²) in [5.74, 6) is 0.387. The number of aromatic nitrogens is 1. The van der Waals surface area contributed by atoms with Gasteiger partial charge in [0.2, 0.25) is 0 Å². The van der Waals surface area contributed by atoms with Crippen molar-refractivity contribution < 1.29 is 1.43 Å². The van der Waals surface area contributed by atoms with Gasteiger partial charge in [0, 0.05) is 18.2 Å². The summed E-state index contributed by atoms with van der Waals surface area (Å²) < 4.78 is 0. The van der Waals surface area contributed by atoms with Gasteiger partial charge in [-0.15, -0.1) is 0 Å². The molecule has 1 unspecified atom stereocenters. The van der Waals surface area contributed by atoms with Crippen LogP contribution in [0.5, 0.6) is 0 Å². The Kier molecular flexibility index (Phi) is 5.91. The summed E-state index contributed by atoms with van der Waals surface area (Å²) in [7, 11) is 0. The molecule has 0 saturated carbocycles. The molecule has 1 N–H and O–H groups in total. The van der Waals surface area contributed by atoms with E-state index >= 15 is 0 Å². The third kappa shape index (κ3) is 3.43. The van der Waals surface area contributed by atoms with E-state index in [2.05, 4.69) is 96.8 Å². The zero-order chi connectivity index (χ0) is 18.4. The number of hydrogen-bond donors (Lipinski definition) is 1. The first-order valence-electron chi connectivity index (χ1n) is 9.59. The Morgan fingerprint density at radius 2 is 1.35 bits per heavy atom. The van der Waals surface area contributed by atoms with Crippen LogP contribution >= 0.6 is 0 Å². The number of para-hydroxylation sites is 1. The van der Waals surface area contributed by atoms with Gasteiger partial charge < -0.3 is 4.98 Å². The number of aromatic amines is 1. The molecule has 1 nitrogen and oxygen atoms in total. The second-order valence-electron chi connectivity index (χ2n) is 6.20. The quantitative estimate of drug-likeness (QED) is 0.391. The largest absolute Gasteiger partial charge is 0.354 e. The van der Waals surface area contributed by atoms with Crippen LogP contribution in [0.2, 0.25) is 0 Å². The SMILES string of the molecule is CC.CCC(c1ccccc1)c1c(-c2ccccc2)[nH]c2ccccc12.[HH]. The van der Waals surface area contributed by atoms with Gasteiger partial charge in [0.05, 0.1) is 5.69 Å². The van der Waals surface area contributed by atoms with Gasteiger partial charge in [0.15, 0.2) is 0 Å². The summed E-state index contributed by atoms with van der Waals surface area (Å²) in [4.78, 5) is 3.67. The molecule has 1 heteroatoms. The van der Waals surface area contributed by atoms with Crippen LogP contribution in [-0.2, 0) is 0 Å². The van der Waals surface area contributed by atoms with Crippen molar-refractivity contribution in [3.63, 3.8) is 0 Å². The minimum absolute atomic E-state index is 0. The van der Waals surface area contributed by atoms with Crippen molar-refractivity contribution in [2.75, 3.05) is 0 Å². The Morgan fingerprint density at radius 1 is 0.769 bits per heavy atom. The predicted octanol–water partition coefficient (Wildman–Crippen LogP) is 7.65. The van der Waals surface area contributed by atoms with Crippen molar-refractivity contribution in [1.29, 1.82) is 0 Å². The average molecular weight is 344 g/mol. The molecule has 0 aliphatic heterocycles. The molecule has 0 aliphatic carbocycles. The smallest absolute Gasteiger partial charge is 0.0503 e. The summed E-state index contributed by atoms with van der Waals surface area (Å²) in [6.45, 7) is 6.27. The van der Waals surface area contributed by atoms with Gasteiger partial charge in [-0.2, -0.15) is 0 Å². The van der Waals surface area contributed by atoms with E-state index in [1.807, 2.05) is 13.8 Å². The van der Waals surface area contributed by atoms with E-state index < -0.39 is 0 Å². The van der Waals surface area contributed by atoms with Crippen LogP contribution in [0.4, 0.5) is 0 Å². The van der Waals surface area contributed by atoms with E-state index in [4.69, 9.17) is 0 Å². The Balaban J connectivity index is 0.000000844. The first-order chi connectivity index (χ1) is 12.9. The van der Waals surface area contributed by atoms with Crippen LogP contribution in [0.3, 0.4) is 0 Å². The second-order valence-corrected chi connectivity index (χ2v) is 6.20. The van der Waals surface area contributed by atoms with Crippen molar-refractivity contribution in [3.05, 3.63) is 96.1 Å². The maximum atomic E-state index is 3.67. The van der Waals surface area contributed by atoms with Crippen LogP contribution in [-0.4, -0.2) is 4.98 Å². The van der Waals surface area contributed by atoms with Gasteiger partial charge in [0.25, 0.3) is 0 Å². The molecular weight excluding hydrogens is 314 g/mol. The molecule has 3 aromatic carbocycles. The van der Waals surface area contributed by atoms with E-state index in [1.54, 1.807) is 0 Å². The summed E-state index contributed by atoms with van der Waals surface area (Å²) in [5.41, 5.74) is 6.48. The molecule has 134 valence electrons. The van der Waals surface area contributed by atoms with Crippen LogP contribution in [0.25, 0.3) is 22.2 Å². The van der Waals surface area contributed by atoms with Crippen LogP contribution in [0.1, 0.15) is 45.7 Å². The molecule has 1 atom stereocenters. The first-order valence-corrected chi connectivity index (χ1v) is 9.59. The topological polar surface area (TPSA) is 15.8 Å². The van der Waals surface area contributed by atoms with Gasteiger partial charge in [-0.3, -0.25) is 0 Å². The summed E-state index contributed by atoms with van der Waals surface area (Å²) in [6.07, 6.45) is 1.08. The summed E-state index contributed by atoms with van der Waals surface area (Å²) in [6, 6.07) is 30.1. The number of fused-ring (bicyclic) bond motifs is 1. The Bertz CT molecular complexity index is 942. The molecular formula is C25H29N. The number of benzene rings is 3. The molecule has 0 bridgehead atoms. The van der Waals surface area contributed by atoms with Crippen molar-refractivity contribution in [3.8, 4) is 11.3 Å². The molecule has 0 saturated heterocycles. The van der Waals surface area contributed by atoms with Crippen molar-refractivity contribution in [2.45, 2.75) is 33.1 Å². The van der Waals surface area contributed by atoms with E-state index in [0.29, 0.717) is 5.92 Å². The molecule has 4 rings (SSSR count). The third-order valence-corrected chi connectivity index (χ3v) is 4.77. The number of nitrogens with one attached hydrogen (secondary N) is 1. The molecule has 1 heterocycles. The van der Waals surface area contributed by atoms with Gasteiger partial charge >= 0.3 is 0 Å². The van der Waals surface area contributed by atoms with E-state index in [0.717, 1.165) is 6.42 Å². The molecule has 1 aromatic heterocycles. The molecule has 0 spiro atoms. The van der Waals surface area contributed by atoms with E-state index in [-0.39, 0.29) is 1.43 Å².